The van der Waals surface area contributed by atoms with Crippen LogP contribution in [-0.2, 0) is 17.9 Å². The molecule has 1 amide bonds. The zero-order chi connectivity index (χ0) is 20.1. The van der Waals surface area contributed by atoms with E-state index in [0.29, 0.717) is 23.4 Å². The Bertz CT molecular complexity index is 953. The van der Waals surface area contributed by atoms with E-state index < -0.39 is 0 Å². The molecule has 1 unspecified atom stereocenters. The van der Waals surface area contributed by atoms with Crippen LogP contribution in [0.25, 0.3) is 0 Å². The van der Waals surface area contributed by atoms with Crippen LogP contribution >= 0.6 is 23.1 Å². The zero-order valence-corrected chi connectivity index (χ0v) is 17.9. The smallest absolute Gasteiger partial charge is 0.239 e. The molecule has 0 radical (unpaired) electrons. The Kier molecular flexibility index (Phi) is 6.69. The number of benzene rings is 1. The lowest BCUT2D eigenvalue weighted by Crippen LogP contribution is -2.23. The standard InChI is InChI=1S/C19H23N5O2S2/c1-5-24-16(10-26-15-9-7-6-8-12(15)2)22-23-19(24)28-14(4)17(25)21-18-20-13(3)11-27-18/h6-9,11,14H,5,10H2,1-4H3,(H,20,21,25). The average Bonchev–Trinajstić information content (AvgIpc) is 3.26. The number of aromatic nitrogens is 4. The number of amides is 1. The number of para-hydroxylation sites is 1. The van der Waals surface area contributed by atoms with E-state index in [1.807, 2.05) is 61.9 Å². The lowest BCUT2D eigenvalue weighted by molar-refractivity contribution is -0.115. The van der Waals surface area contributed by atoms with Crippen LogP contribution in [0.4, 0.5) is 5.13 Å². The Morgan fingerprint density at radius 1 is 1.32 bits per heavy atom. The van der Waals surface area contributed by atoms with E-state index in [1.54, 1.807) is 0 Å². The molecule has 0 aliphatic rings. The van der Waals surface area contributed by atoms with Crippen molar-refractivity contribution in [1.82, 2.24) is 19.7 Å². The molecule has 0 bridgehead atoms. The first-order valence-corrected chi connectivity index (χ1v) is 10.7. The van der Waals surface area contributed by atoms with Crippen LogP contribution in [0.5, 0.6) is 5.75 Å². The predicted molar refractivity (Wildman–Crippen MR) is 112 cm³/mol. The minimum absolute atomic E-state index is 0.109. The van der Waals surface area contributed by atoms with Crippen LogP contribution in [0.3, 0.4) is 0 Å². The number of rotatable bonds is 8. The van der Waals surface area contributed by atoms with Crippen LogP contribution in [0.15, 0.2) is 34.8 Å². The molecule has 2 heterocycles. The third kappa shape index (κ3) is 4.90. The number of nitrogens with zero attached hydrogens (tertiary/aromatic N) is 4. The number of carbonyl (C=O) groups is 1. The molecule has 0 fully saturated rings. The van der Waals surface area contributed by atoms with Gasteiger partial charge in [0.1, 0.15) is 12.4 Å². The summed E-state index contributed by atoms with van der Waals surface area (Å²) in [7, 11) is 0. The van der Waals surface area contributed by atoms with Crippen molar-refractivity contribution in [2.45, 2.75) is 51.3 Å². The lowest BCUT2D eigenvalue weighted by atomic mass is 10.2. The summed E-state index contributed by atoms with van der Waals surface area (Å²) in [6.45, 7) is 8.79. The van der Waals surface area contributed by atoms with Crippen LogP contribution in [-0.4, -0.2) is 30.9 Å². The Hall–Kier alpha value is -2.39. The summed E-state index contributed by atoms with van der Waals surface area (Å²) < 4.78 is 7.87. The van der Waals surface area contributed by atoms with Gasteiger partial charge in [-0.2, -0.15) is 0 Å². The topological polar surface area (TPSA) is 81.9 Å². The molecule has 1 N–H and O–H groups in total. The summed E-state index contributed by atoms with van der Waals surface area (Å²) in [5, 5.41) is 14.2. The maximum atomic E-state index is 12.4. The number of anilines is 1. The number of thiazole rings is 1. The second-order valence-electron chi connectivity index (χ2n) is 6.24. The molecule has 1 aromatic carbocycles. The molecule has 0 aliphatic heterocycles. The highest BCUT2D eigenvalue weighted by atomic mass is 32.2. The van der Waals surface area contributed by atoms with E-state index in [2.05, 4.69) is 20.5 Å². The van der Waals surface area contributed by atoms with Crippen molar-refractivity contribution in [3.05, 3.63) is 46.7 Å². The van der Waals surface area contributed by atoms with Crippen molar-refractivity contribution in [3.63, 3.8) is 0 Å². The monoisotopic (exact) mass is 417 g/mol. The van der Waals surface area contributed by atoms with Gasteiger partial charge in [-0.15, -0.1) is 21.5 Å². The van der Waals surface area contributed by atoms with Gasteiger partial charge in [-0.25, -0.2) is 4.98 Å². The van der Waals surface area contributed by atoms with Crippen molar-refractivity contribution >= 4 is 34.1 Å². The normalized spacial score (nSPS) is 12.0. The maximum absolute atomic E-state index is 12.4. The van der Waals surface area contributed by atoms with Crippen LogP contribution in [0.1, 0.15) is 30.9 Å². The second kappa shape index (κ2) is 9.20. The Labute approximate surface area is 172 Å². The van der Waals surface area contributed by atoms with Gasteiger partial charge in [0.15, 0.2) is 16.1 Å². The maximum Gasteiger partial charge on any atom is 0.239 e. The fourth-order valence-electron chi connectivity index (χ4n) is 2.52. The number of hydrogen-bond donors (Lipinski definition) is 1. The van der Waals surface area contributed by atoms with Gasteiger partial charge in [-0.3, -0.25) is 4.79 Å². The molecule has 0 saturated carbocycles. The second-order valence-corrected chi connectivity index (χ2v) is 8.41. The number of hydrogen-bond acceptors (Lipinski definition) is 7. The van der Waals surface area contributed by atoms with Crippen LogP contribution in [0.2, 0.25) is 0 Å². The Balaban J connectivity index is 1.64. The van der Waals surface area contributed by atoms with Crippen molar-refractivity contribution < 1.29 is 9.53 Å². The van der Waals surface area contributed by atoms with E-state index in [-0.39, 0.29) is 11.2 Å². The average molecular weight is 418 g/mol. The zero-order valence-electron chi connectivity index (χ0n) is 16.3. The third-order valence-electron chi connectivity index (χ3n) is 4.06. The lowest BCUT2D eigenvalue weighted by Gasteiger charge is -2.12. The molecule has 7 nitrogen and oxygen atoms in total. The molecule has 28 heavy (non-hydrogen) atoms. The molecule has 1 atom stereocenters. The molecule has 0 saturated heterocycles. The fraction of sp³-hybridized carbons (Fsp3) is 0.368. The number of ether oxygens (including phenoxy) is 1. The summed E-state index contributed by atoms with van der Waals surface area (Å²) in [5.41, 5.74) is 1.96. The van der Waals surface area contributed by atoms with E-state index >= 15 is 0 Å². The van der Waals surface area contributed by atoms with Crippen molar-refractivity contribution in [2.75, 3.05) is 5.32 Å². The summed E-state index contributed by atoms with van der Waals surface area (Å²) in [5.74, 6) is 1.45. The Morgan fingerprint density at radius 2 is 2.11 bits per heavy atom. The van der Waals surface area contributed by atoms with E-state index in [9.17, 15) is 4.79 Å². The summed E-state index contributed by atoms with van der Waals surface area (Å²) >= 11 is 2.79. The molecule has 0 aliphatic carbocycles. The Morgan fingerprint density at radius 3 is 2.79 bits per heavy atom. The first-order valence-electron chi connectivity index (χ1n) is 8.98. The van der Waals surface area contributed by atoms with Gasteiger partial charge >= 0.3 is 0 Å². The largest absolute Gasteiger partial charge is 0.485 e. The minimum Gasteiger partial charge on any atom is -0.485 e. The molecule has 148 valence electrons. The number of thioether (sulfide) groups is 1. The minimum atomic E-state index is -0.330. The highest BCUT2D eigenvalue weighted by Crippen LogP contribution is 2.25. The van der Waals surface area contributed by atoms with Gasteiger partial charge in [0.2, 0.25) is 5.91 Å². The molecule has 3 rings (SSSR count). The summed E-state index contributed by atoms with van der Waals surface area (Å²) in [6.07, 6.45) is 0. The van der Waals surface area contributed by atoms with Gasteiger partial charge in [0.05, 0.1) is 10.9 Å². The van der Waals surface area contributed by atoms with E-state index in [0.717, 1.165) is 22.8 Å². The SMILES string of the molecule is CCn1c(COc2ccccc2C)nnc1SC(C)C(=O)Nc1nc(C)cs1. The number of aryl methyl sites for hydroxylation is 2. The van der Waals surface area contributed by atoms with Crippen molar-refractivity contribution in [3.8, 4) is 5.75 Å². The van der Waals surface area contributed by atoms with E-state index in [4.69, 9.17) is 4.74 Å². The van der Waals surface area contributed by atoms with Gasteiger partial charge in [0.25, 0.3) is 0 Å². The molecule has 9 heteroatoms. The predicted octanol–water partition coefficient (Wildman–Crippen LogP) is 4.07. The number of carbonyl (C=O) groups excluding carboxylic acids is 1. The van der Waals surface area contributed by atoms with Gasteiger partial charge in [-0.1, -0.05) is 30.0 Å². The van der Waals surface area contributed by atoms with Crippen LogP contribution < -0.4 is 10.1 Å². The van der Waals surface area contributed by atoms with Crippen molar-refractivity contribution in [2.24, 2.45) is 0 Å². The molecular weight excluding hydrogens is 394 g/mol. The first kappa shape index (κ1) is 20.3. The van der Waals surface area contributed by atoms with Gasteiger partial charge < -0.3 is 14.6 Å². The fourth-order valence-corrected chi connectivity index (χ4v) is 4.14. The molecule has 2 aromatic heterocycles. The highest BCUT2D eigenvalue weighted by molar-refractivity contribution is 8.00. The summed E-state index contributed by atoms with van der Waals surface area (Å²) in [6, 6.07) is 7.86. The van der Waals surface area contributed by atoms with Crippen molar-refractivity contribution in [1.29, 1.82) is 0 Å². The first-order chi connectivity index (χ1) is 13.5. The van der Waals surface area contributed by atoms with E-state index in [1.165, 1.54) is 23.1 Å². The molecular formula is C19H23N5O2S2. The quantitative estimate of drug-likeness (QED) is 0.557. The molecule has 3 aromatic rings. The van der Waals surface area contributed by atoms with Gasteiger partial charge in [0, 0.05) is 11.9 Å². The highest BCUT2D eigenvalue weighted by Gasteiger charge is 2.20. The summed E-state index contributed by atoms with van der Waals surface area (Å²) in [4.78, 5) is 16.7. The van der Waals surface area contributed by atoms with Gasteiger partial charge in [-0.05, 0) is 39.3 Å². The third-order valence-corrected chi connectivity index (χ3v) is 6.02. The molecule has 0 spiro atoms. The van der Waals surface area contributed by atoms with Crippen LogP contribution in [0, 0.1) is 13.8 Å². The number of nitrogens with one attached hydrogen (secondary N) is 1.